The molecule has 2 unspecified atom stereocenters. The highest BCUT2D eigenvalue weighted by Gasteiger charge is 2.33. The zero-order valence-electron chi connectivity index (χ0n) is 9.79. The summed E-state index contributed by atoms with van der Waals surface area (Å²) in [4.78, 5) is 0. The Morgan fingerprint density at radius 1 is 1.47 bits per heavy atom. The standard InChI is InChI=1S/C12H21NO2/c1-4-9-6-7-10(15-9)11(14)12(3,5-2)8-13/h6-7,11,14H,4-5,8,13H2,1-3H3. The van der Waals surface area contributed by atoms with E-state index in [1.54, 1.807) is 0 Å². The highest BCUT2D eigenvalue weighted by atomic mass is 16.4. The van der Waals surface area contributed by atoms with Gasteiger partial charge in [0.2, 0.25) is 0 Å². The number of hydrogen-bond donors (Lipinski definition) is 2. The van der Waals surface area contributed by atoms with Crippen LogP contribution in [-0.2, 0) is 6.42 Å². The largest absolute Gasteiger partial charge is 0.463 e. The van der Waals surface area contributed by atoms with Gasteiger partial charge in [-0.15, -0.1) is 0 Å². The molecule has 1 heterocycles. The van der Waals surface area contributed by atoms with E-state index < -0.39 is 6.10 Å². The minimum Gasteiger partial charge on any atom is -0.463 e. The SMILES string of the molecule is CCc1ccc(C(O)C(C)(CC)CN)o1. The van der Waals surface area contributed by atoms with Crippen molar-refractivity contribution < 1.29 is 9.52 Å². The van der Waals surface area contributed by atoms with Crippen LogP contribution in [0.4, 0.5) is 0 Å². The Kier molecular flexibility index (Phi) is 3.94. The number of rotatable bonds is 5. The van der Waals surface area contributed by atoms with Gasteiger partial charge in [-0.25, -0.2) is 0 Å². The Balaban J connectivity index is 2.87. The lowest BCUT2D eigenvalue weighted by Gasteiger charge is -2.30. The highest BCUT2D eigenvalue weighted by Crippen LogP contribution is 2.36. The average molecular weight is 211 g/mol. The van der Waals surface area contributed by atoms with Gasteiger partial charge in [-0.05, 0) is 18.6 Å². The van der Waals surface area contributed by atoms with Gasteiger partial charge in [0.1, 0.15) is 17.6 Å². The molecule has 0 aliphatic heterocycles. The highest BCUT2D eigenvalue weighted by molar-refractivity contribution is 5.11. The molecule has 0 aliphatic rings. The molecule has 86 valence electrons. The molecule has 0 spiro atoms. The number of hydrogen-bond acceptors (Lipinski definition) is 3. The molecular formula is C12H21NO2. The smallest absolute Gasteiger partial charge is 0.133 e. The van der Waals surface area contributed by atoms with Crippen LogP contribution < -0.4 is 5.73 Å². The van der Waals surface area contributed by atoms with Crippen molar-refractivity contribution in [3.63, 3.8) is 0 Å². The van der Waals surface area contributed by atoms with E-state index in [2.05, 4.69) is 0 Å². The second kappa shape index (κ2) is 4.81. The Morgan fingerprint density at radius 2 is 2.13 bits per heavy atom. The van der Waals surface area contributed by atoms with E-state index in [0.717, 1.165) is 18.6 Å². The van der Waals surface area contributed by atoms with Crippen LogP contribution in [0.25, 0.3) is 0 Å². The Bertz CT molecular complexity index is 302. The van der Waals surface area contributed by atoms with Gasteiger partial charge >= 0.3 is 0 Å². The summed E-state index contributed by atoms with van der Waals surface area (Å²) in [5, 5.41) is 10.2. The maximum Gasteiger partial charge on any atom is 0.133 e. The van der Waals surface area contributed by atoms with Crippen molar-refractivity contribution in [1.82, 2.24) is 0 Å². The van der Waals surface area contributed by atoms with Crippen LogP contribution in [0, 0.1) is 5.41 Å². The van der Waals surface area contributed by atoms with E-state index in [1.165, 1.54) is 0 Å². The van der Waals surface area contributed by atoms with Gasteiger partial charge in [0.05, 0.1) is 0 Å². The molecule has 0 fully saturated rings. The number of nitrogens with two attached hydrogens (primary N) is 1. The molecule has 0 saturated carbocycles. The van der Waals surface area contributed by atoms with E-state index in [0.29, 0.717) is 12.3 Å². The first-order valence-electron chi connectivity index (χ1n) is 5.54. The minimum absolute atomic E-state index is 0.303. The summed E-state index contributed by atoms with van der Waals surface area (Å²) in [5.74, 6) is 1.53. The monoisotopic (exact) mass is 211 g/mol. The van der Waals surface area contributed by atoms with Crippen molar-refractivity contribution in [3.05, 3.63) is 23.7 Å². The quantitative estimate of drug-likeness (QED) is 0.785. The minimum atomic E-state index is -0.618. The van der Waals surface area contributed by atoms with Crippen LogP contribution in [0.3, 0.4) is 0 Å². The summed E-state index contributed by atoms with van der Waals surface area (Å²) in [6, 6.07) is 3.75. The molecule has 15 heavy (non-hydrogen) atoms. The van der Waals surface area contributed by atoms with Crippen molar-refractivity contribution in [2.75, 3.05) is 6.54 Å². The van der Waals surface area contributed by atoms with Crippen LogP contribution >= 0.6 is 0 Å². The maximum atomic E-state index is 10.2. The Morgan fingerprint density at radius 3 is 2.53 bits per heavy atom. The summed E-state index contributed by atoms with van der Waals surface area (Å²) in [5.41, 5.74) is 5.39. The van der Waals surface area contributed by atoms with Gasteiger partial charge < -0.3 is 15.3 Å². The number of aliphatic hydroxyl groups is 1. The summed E-state index contributed by atoms with van der Waals surface area (Å²) in [6.07, 6.45) is 1.05. The van der Waals surface area contributed by atoms with E-state index >= 15 is 0 Å². The van der Waals surface area contributed by atoms with Crippen molar-refractivity contribution in [2.24, 2.45) is 11.1 Å². The lowest BCUT2D eigenvalue weighted by Crippen LogP contribution is -2.33. The number of aliphatic hydroxyl groups excluding tert-OH is 1. The molecule has 3 heteroatoms. The molecule has 3 nitrogen and oxygen atoms in total. The van der Waals surface area contributed by atoms with E-state index in [9.17, 15) is 5.11 Å². The van der Waals surface area contributed by atoms with Crippen molar-refractivity contribution in [3.8, 4) is 0 Å². The van der Waals surface area contributed by atoms with Crippen molar-refractivity contribution in [1.29, 1.82) is 0 Å². The first-order valence-corrected chi connectivity index (χ1v) is 5.54. The molecule has 2 atom stereocenters. The van der Waals surface area contributed by atoms with Gasteiger partial charge in [0.25, 0.3) is 0 Å². The molecule has 1 aromatic rings. The molecule has 0 saturated heterocycles. The first-order chi connectivity index (χ1) is 7.07. The lowest BCUT2D eigenvalue weighted by atomic mass is 9.80. The number of furan rings is 1. The summed E-state index contributed by atoms with van der Waals surface area (Å²) >= 11 is 0. The topological polar surface area (TPSA) is 59.4 Å². The van der Waals surface area contributed by atoms with Crippen LogP contribution in [-0.4, -0.2) is 11.7 Å². The fourth-order valence-electron chi connectivity index (χ4n) is 1.52. The molecule has 0 aromatic carbocycles. The van der Waals surface area contributed by atoms with Crippen LogP contribution in [0.1, 0.15) is 44.8 Å². The van der Waals surface area contributed by atoms with Crippen molar-refractivity contribution >= 4 is 0 Å². The predicted octanol–water partition coefficient (Wildman–Crippen LogP) is 2.25. The van der Waals surface area contributed by atoms with E-state index in [1.807, 2.05) is 32.9 Å². The van der Waals surface area contributed by atoms with Gasteiger partial charge in [-0.2, -0.15) is 0 Å². The van der Waals surface area contributed by atoms with E-state index in [-0.39, 0.29) is 5.41 Å². The third-order valence-electron chi connectivity index (χ3n) is 3.23. The summed E-state index contributed by atoms with van der Waals surface area (Å²) < 4.78 is 5.54. The second-order valence-electron chi connectivity index (χ2n) is 4.27. The molecule has 3 N–H and O–H groups in total. The van der Waals surface area contributed by atoms with Crippen LogP contribution in [0.15, 0.2) is 16.5 Å². The molecule has 1 aromatic heterocycles. The lowest BCUT2D eigenvalue weighted by molar-refractivity contribution is 0.0212. The Labute approximate surface area is 91.3 Å². The fraction of sp³-hybridized carbons (Fsp3) is 0.667. The molecule has 0 radical (unpaired) electrons. The summed E-state index contributed by atoms with van der Waals surface area (Å²) in [6.45, 7) is 6.48. The third kappa shape index (κ3) is 2.41. The normalized spacial score (nSPS) is 17.4. The summed E-state index contributed by atoms with van der Waals surface area (Å²) in [7, 11) is 0. The average Bonchev–Trinajstić information content (AvgIpc) is 2.75. The third-order valence-corrected chi connectivity index (χ3v) is 3.23. The second-order valence-corrected chi connectivity index (χ2v) is 4.27. The first kappa shape index (κ1) is 12.3. The maximum absolute atomic E-state index is 10.2. The molecule has 0 aliphatic carbocycles. The van der Waals surface area contributed by atoms with Gasteiger partial charge in [0.15, 0.2) is 0 Å². The molecule has 1 rings (SSSR count). The fourth-order valence-corrected chi connectivity index (χ4v) is 1.52. The number of aryl methyl sites for hydroxylation is 1. The van der Waals surface area contributed by atoms with Crippen LogP contribution in [0.5, 0.6) is 0 Å². The van der Waals surface area contributed by atoms with Gasteiger partial charge in [-0.1, -0.05) is 20.8 Å². The molecule has 0 amide bonds. The van der Waals surface area contributed by atoms with Crippen molar-refractivity contribution in [2.45, 2.75) is 39.7 Å². The van der Waals surface area contributed by atoms with E-state index in [4.69, 9.17) is 10.2 Å². The van der Waals surface area contributed by atoms with Crippen LogP contribution in [0.2, 0.25) is 0 Å². The predicted molar refractivity (Wildman–Crippen MR) is 60.5 cm³/mol. The Hall–Kier alpha value is -0.800. The molecular weight excluding hydrogens is 190 g/mol. The molecule has 0 bridgehead atoms. The zero-order valence-corrected chi connectivity index (χ0v) is 9.79. The zero-order chi connectivity index (χ0) is 11.5. The van der Waals surface area contributed by atoms with Gasteiger partial charge in [0, 0.05) is 18.4 Å². The van der Waals surface area contributed by atoms with Gasteiger partial charge in [-0.3, -0.25) is 0 Å².